The van der Waals surface area contributed by atoms with E-state index in [-0.39, 0.29) is 5.70 Å². The minimum absolute atomic E-state index is 0.201. The van der Waals surface area contributed by atoms with Gasteiger partial charge in [-0.3, -0.25) is 4.79 Å². The molecule has 3 aromatic carbocycles. The van der Waals surface area contributed by atoms with Crippen molar-refractivity contribution >= 4 is 18.0 Å². The molecule has 0 spiro atoms. The normalized spacial score (nSPS) is 11.0. The van der Waals surface area contributed by atoms with Crippen molar-refractivity contribution < 1.29 is 19.4 Å². The van der Waals surface area contributed by atoms with Crippen LogP contribution in [-0.4, -0.2) is 17.0 Å². The Labute approximate surface area is 169 Å². The lowest BCUT2D eigenvalue weighted by atomic mass is 10.1. The maximum atomic E-state index is 12.2. The number of amides is 1. The van der Waals surface area contributed by atoms with E-state index in [9.17, 15) is 14.7 Å². The molecule has 29 heavy (non-hydrogen) atoms. The first-order valence-electron chi connectivity index (χ1n) is 9.11. The molecule has 0 saturated carbocycles. The lowest BCUT2D eigenvalue weighted by molar-refractivity contribution is -0.132. The van der Waals surface area contributed by atoms with Crippen LogP contribution >= 0.6 is 0 Å². The molecule has 2 N–H and O–H groups in total. The molecular weight excluding hydrogens is 366 g/mol. The molecule has 146 valence electrons. The summed E-state index contributed by atoms with van der Waals surface area (Å²) < 4.78 is 5.80. The van der Waals surface area contributed by atoms with Gasteiger partial charge in [-0.15, -0.1) is 0 Å². The molecule has 5 nitrogen and oxygen atoms in total. The molecule has 3 rings (SSSR count). The van der Waals surface area contributed by atoms with Crippen LogP contribution in [0, 0.1) is 6.92 Å². The van der Waals surface area contributed by atoms with Gasteiger partial charge in [0.25, 0.3) is 5.91 Å². The van der Waals surface area contributed by atoms with Gasteiger partial charge >= 0.3 is 5.97 Å². The van der Waals surface area contributed by atoms with E-state index >= 15 is 0 Å². The van der Waals surface area contributed by atoms with Gasteiger partial charge in [0.15, 0.2) is 0 Å². The molecule has 0 radical (unpaired) electrons. The van der Waals surface area contributed by atoms with E-state index in [0.29, 0.717) is 23.5 Å². The van der Waals surface area contributed by atoms with Gasteiger partial charge in [-0.05, 0) is 54.0 Å². The highest BCUT2D eigenvalue weighted by molar-refractivity contribution is 6.02. The number of benzene rings is 3. The first-order chi connectivity index (χ1) is 14.0. The zero-order valence-corrected chi connectivity index (χ0v) is 16.0. The number of hydrogen-bond acceptors (Lipinski definition) is 3. The van der Waals surface area contributed by atoms with Crippen molar-refractivity contribution in [3.8, 4) is 5.75 Å². The highest BCUT2D eigenvalue weighted by Gasteiger charge is 2.13. The van der Waals surface area contributed by atoms with Gasteiger partial charge in [-0.25, -0.2) is 4.79 Å². The molecule has 0 bridgehead atoms. The number of aryl methyl sites for hydroxylation is 1. The van der Waals surface area contributed by atoms with Crippen molar-refractivity contribution in [3.05, 3.63) is 107 Å². The molecule has 0 atom stereocenters. The van der Waals surface area contributed by atoms with E-state index in [1.165, 1.54) is 6.08 Å². The molecule has 3 aromatic rings. The molecule has 5 heteroatoms. The van der Waals surface area contributed by atoms with Crippen LogP contribution in [0.4, 0.5) is 0 Å². The summed E-state index contributed by atoms with van der Waals surface area (Å²) in [6, 6.07) is 23.5. The molecule has 0 aliphatic rings. The predicted octanol–water partition coefficient (Wildman–Crippen LogP) is 4.43. The number of carbonyl (C=O) groups is 2. The van der Waals surface area contributed by atoms with Gasteiger partial charge in [0.2, 0.25) is 0 Å². The molecule has 0 saturated heterocycles. The second-order valence-electron chi connectivity index (χ2n) is 6.47. The van der Waals surface area contributed by atoms with Crippen LogP contribution in [0.2, 0.25) is 0 Å². The SMILES string of the molecule is Cc1ccccc1COc1ccc(C=C(NC(=O)c2ccccc2)C(=O)O)cc1. The van der Waals surface area contributed by atoms with E-state index in [2.05, 4.69) is 5.32 Å². The smallest absolute Gasteiger partial charge is 0.352 e. The van der Waals surface area contributed by atoms with Crippen LogP contribution in [-0.2, 0) is 11.4 Å². The van der Waals surface area contributed by atoms with E-state index in [1.807, 2.05) is 31.2 Å². The van der Waals surface area contributed by atoms with Gasteiger partial charge in [-0.1, -0.05) is 54.6 Å². The standard InChI is InChI=1S/C24H21NO4/c1-17-7-5-6-10-20(17)16-29-21-13-11-18(12-14-21)15-22(24(27)28)25-23(26)19-8-3-2-4-9-19/h2-15H,16H2,1H3,(H,25,26)(H,27,28). The van der Waals surface area contributed by atoms with Crippen LogP contribution in [0.25, 0.3) is 6.08 Å². The van der Waals surface area contributed by atoms with E-state index in [4.69, 9.17) is 4.74 Å². The Morgan fingerprint density at radius 1 is 0.931 bits per heavy atom. The van der Waals surface area contributed by atoms with Crippen LogP contribution in [0.15, 0.2) is 84.6 Å². The third-order valence-electron chi connectivity index (χ3n) is 4.36. The fraction of sp³-hybridized carbons (Fsp3) is 0.0833. The fourth-order valence-electron chi connectivity index (χ4n) is 2.70. The summed E-state index contributed by atoms with van der Waals surface area (Å²) in [7, 11) is 0. The van der Waals surface area contributed by atoms with Gasteiger partial charge in [0, 0.05) is 5.56 Å². The largest absolute Gasteiger partial charge is 0.489 e. The molecule has 0 aromatic heterocycles. The third kappa shape index (κ3) is 5.56. The van der Waals surface area contributed by atoms with Crippen molar-refractivity contribution in [3.63, 3.8) is 0 Å². The van der Waals surface area contributed by atoms with Crippen molar-refractivity contribution in [2.24, 2.45) is 0 Å². The van der Waals surface area contributed by atoms with Crippen LogP contribution < -0.4 is 10.1 Å². The number of carboxylic acids is 1. The average Bonchev–Trinajstić information content (AvgIpc) is 2.74. The summed E-state index contributed by atoms with van der Waals surface area (Å²) in [5.41, 5.74) is 3.09. The summed E-state index contributed by atoms with van der Waals surface area (Å²) in [5, 5.41) is 11.9. The lowest BCUT2D eigenvalue weighted by Crippen LogP contribution is -2.27. The van der Waals surface area contributed by atoms with E-state index in [1.54, 1.807) is 54.6 Å². The Balaban J connectivity index is 1.68. The Bertz CT molecular complexity index is 1020. The molecule has 0 heterocycles. The van der Waals surface area contributed by atoms with Crippen LogP contribution in [0.5, 0.6) is 5.75 Å². The number of rotatable bonds is 7. The fourth-order valence-corrected chi connectivity index (χ4v) is 2.70. The van der Waals surface area contributed by atoms with Crippen LogP contribution in [0.1, 0.15) is 27.0 Å². The molecule has 0 aliphatic heterocycles. The highest BCUT2D eigenvalue weighted by Crippen LogP contribution is 2.17. The molecule has 0 fully saturated rings. The molecule has 1 amide bonds. The third-order valence-corrected chi connectivity index (χ3v) is 4.36. The number of aliphatic carboxylic acids is 1. The number of carboxylic acid groups (broad SMARTS) is 1. The second kappa shape index (κ2) is 9.37. The van der Waals surface area contributed by atoms with Crippen molar-refractivity contribution in [1.29, 1.82) is 0 Å². The second-order valence-corrected chi connectivity index (χ2v) is 6.47. The minimum Gasteiger partial charge on any atom is -0.489 e. The molecule has 0 aliphatic carbocycles. The van der Waals surface area contributed by atoms with E-state index in [0.717, 1.165) is 11.1 Å². The first kappa shape index (κ1) is 19.9. The maximum absolute atomic E-state index is 12.2. The quantitative estimate of drug-likeness (QED) is 0.588. The van der Waals surface area contributed by atoms with Gasteiger partial charge in [0.1, 0.15) is 18.1 Å². The highest BCUT2D eigenvalue weighted by atomic mass is 16.5. The molecular formula is C24H21NO4. The Hall–Kier alpha value is -3.86. The Kier molecular flexibility index (Phi) is 6.43. The summed E-state index contributed by atoms with van der Waals surface area (Å²) in [4.78, 5) is 23.7. The first-order valence-corrected chi connectivity index (χ1v) is 9.11. The zero-order chi connectivity index (χ0) is 20.6. The van der Waals surface area contributed by atoms with Crippen molar-refractivity contribution in [2.45, 2.75) is 13.5 Å². The summed E-state index contributed by atoms with van der Waals surface area (Å²) in [6.07, 6.45) is 1.41. The maximum Gasteiger partial charge on any atom is 0.352 e. The van der Waals surface area contributed by atoms with Crippen molar-refractivity contribution in [1.82, 2.24) is 5.32 Å². The number of hydrogen-bond donors (Lipinski definition) is 2. The molecule has 0 unspecified atom stereocenters. The monoisotopic (exact) mass is 387 g/mol. The topological polar surface area (TPSA) is 75.6 Å². The van der Waals surface area contributed by atoms with Gasteiger partial charge < -0.3 is 15.2 Å². The average molecular weight is 387 g/mol. The number of ether oxygens (including phenoxy) is 1. The number of nitrogens with one attached hydrogen (secondary N) is 1. The Morgan fingerprint density at radius 3 is 2.24 bits per heavy atom. The lowest BCUT2D eigenvalue weighted by Gasteiger charge is -2.09. The summed E-state index contributed by atoms with van der Waals surface area (Å²) in [5.74, 6) is -1.01. The predicted molar refractivity (Wildman–Crippen MR) is 111 cm³/mol. The summed E-state index contributed by atoms with van der Waals surface area (Å²) >= 11 is 0. The van der Waals surface area contributed by atoms with Crippen LogP contribution in [0.3, 0.4) is 0 Å². The van der Waals surface area contributed by atoms with Gasteiger partial charge in [-0.2, -0.15) is 0 Å². The van der Waals surface area contributed by atoms with Crippen molar-refractivity contribution in [2.75, 3.05) is 0 Å². The van der Waals surface area contributed by atoms with Gasteiger partial charge in [0.05, 0.1) is 0 Å². The number of carbonyl (C=O) groups excluding carboxylic acids is 1. The summed E-state index contributed by atoms with van der Waals surface area (Å²) in [6.45, 7) is 2.49. The van der Waals surface area contributed by atoms with E-state index < -0.39 is 11.9 Å². The zero-order valence-electron chi connectivity index (χ0n) is 16.0. The minimum atomic E-state index is -1.21. The Morgan fingerprint density at radius 2 is 1.59 bits per heavy atom.